The Morgan fingerprint density at radius 1 is 1.27 bits per heavy atom. The van der Waals surface area contributed by atoms with Crippen LogP contribution >= 0.6 is 24.0 Å². The molecule has 0 bridgehead atoms. The molecule has 0 atom stereocenters. The van der Waals surface area contributed by atoms with Gasteiger partial charge >= 0.3 is 0 Å². The van der Waals surface area contributed by atoms with Gasteiger partial charge in [-0.25, -0.2) is 4.39 Å². The smallest absolute Gasteiger partial charge is 0.191 e. The Balaban J connectivity index is 0.00000441. The van der Waals surface area contributed by atoms with Crippen molar-refractivity contribution >= 4 is 29.9 Å². The van der Waals surface area contributed by atoms with Gasteiger partial charge in [-0.3, -0.25) is 4.99 Å². The van der Waals surface area contributed by atoms with Gasteiger partial charge in [-0.1, -0.05) is 26.0 Å². The maximum absolute atomic E-state index is 13.1. The number of aliphatic imine (C=N–C) groups is 1. The molecule has 22 heavy (non-hydrogen) atoms. The molecule has 0 heterocycles. The van der Waals surface area contributed by atoms with E-state index >= 15 is 0 Å². The van der Waals surface area contributed by atoms with Crippen molar-refractivity contribution in [3.05, 3.63) is 35.6 Å². The van der Waals surface area contributed by atoms with Crippen molar-refractivity contribution in [2.45, 2.75) is 20.4 Å². The van der Waals surface area contributed by atoms with E-state index in [1.807, 2.05) is 6.07 Å². The van der Waals surface area contributed by atoms with Crippen LogP contribution in [-0.2, 0) is 6.54 Å². The minimum absolute atomic E-state index is 0. The fourth-order valence-electron chi connectivity index (χ4n) is 2.29. The lowest BCUT2D eigenvalue weighted by atomic mass is 9.93. The first-order chi connectivity index (χ1) is 9.82. The van der Waals surface area contributed by atoms with Crippen molar-refractivity contribution < 1.29 is 4.39 Å². The normalized spacial score (nSPS) is 12.0. The van der Waals surface area contributed by atoms with Crippen LogP contribution in [0.1, 0.15) is 19.4 Å². The molecule has 4 nitrogen and oxygen atoms in total. The molecule has 0 aliphatic rings. The van der Waals surface area contributed by atoms with Crippen LogP contribution in [-0.4, -0.2) is 45.1 Å². The number of hydrogen-bond acceptors (Lipinski definition) is 2. The van der Waals surface area contributed by atoms with Gasteiger partial charge in [-0.05, 0) is 37.2 Å². The zero-order chi connectivity index (χ0) is 15.9. The molecule has 6 heteroatoms. The van der Waals surface area contributed by atoms with E-state index < -0.39 is 0 Å². The second-order valence-electron chi connectivity index (χ2n) is 6.31. The van der Waals surface area contributed by atoms with E-state index in [1.54, 1.807) is 13.1 Å². The highest BCUT2D eigenvalue weighted by molar-refractivity contribution is 14.0. The van der Waals surface area contributed by atoms with E-state index in [9.17, 15) is 4.39 Å². The average molecular weight is 422 g/mol. The van der Waals surface area contributed by atoms with E-state index in [0.717, 1.165) is 24.6 Å². The van der Waals surface area contributed by atoms with Crippen LogP contribution < -0.4 is 10.6 Å². The first kappa shape index (κ1) is 21.1. The molecule has 2 N–H and O–H groups in total. The Morgan fingerprint density at radius 3 is 2.50 bits per heavy atom. The van der Waals surface area contributed by atoms with Crippen molar-refractivity contribution in [3.63, 3.8) is 0 Å². The van der Waals surface area contributed by atoms with Crippen molar-refractivity contribution in [2.75, 3.05) is 34.2 Å². The molecule has 0 aliphatic heterocycles. The van der Waals surface area contributed by atoms with Crippen molar-refractivity contribution in [3.8, 4) is 0 Å². The van der Waals surface area contributed by atoms with Gasteiger partial charge in [-0.15, -0.1) is 24.0 Å². The van der Waals surface area contributed by atoms with Gasteiger partial charge in [0.25, 0.3) is 0 Å². The first-order valence-corrected chi connectivity index (χ1v) is 7.16. The summed E-state index contributed by atoms with van der Waals surface area (Å²) in [6.45, 7) is 6.76. The maximum Gasteiger partial charge on any atom is 0.191 e. The summed E-state index contributed by atoms with van der Waals surface area (Å²) < 4.78 is 13.1. The van der Waals surface area contributed by atoms with E-state index in [0.29, 0.717) is 6.54 Å². The molecule has 0 aliphatic carbocycles. The lowest BCUT2D eigenvalue weighted by Crippen LogP contribution is -2.44. The Kier molecular flexibility index (Phi) is 9.59. The summed E-state index contributed by atoms with van der Waals surface area (Å²) in [7, 11) is 5.87. The second-order valence-corrected chi connectivity index (χ2v) is 6.31. The highest BCUT2D eigenvalue weighted by Crippen LogP contribution is 2.13. The lowest BCUT2D eigenvalue weighted by molar-refractivity contribution is 0.241. The fraction of sp³-hybridized carbons (Fsp3) is 0.562. The lowest BCUT2D eigenvalue weighted by Gasteiger charge is -2.29. The number of nitrogens with one attached hydrogen (secondary N) is 2. The molecule has 0 saturated heterocycles. The summed E-state index contributed by atoms with van der Waals surface area (Å²) in [4.78, 5) is 6.37. The summed E-state index contributed by atoms with van der Waals surface area (Å²) in [6.07, 6.45) is 0. The van der Waals surface area contributed by atoms with Gasteiger partial charge in [-0.2, -0.15) is 0 Å². The zero-order valence-electron chi connectivity index (χ0n) is 14.1. The van der Waals surface area contributed by atoms with Crippen LogP contribution in [0, 0.1) is 11.2 Å². The third kappa shape index (κ3) is 8.53. The largest absolute Gasteiger partial charge is 0.356 e. The summed E-state index contributed by atoms with van der Waals surface area (Å²) in [5.41, 5.74) is 1.03. The first-order valence-electron chi connectivity index (χ1n) is 7.16. The Hall–Kier alpha value is -0.890. The van der Waals surface area contributed by atoms with Gasteiger partial charge < -0.3 is 15.5 Å². The van der Waals surface area contributed by atoms with Gasteiger partial charge in [0, 0.05) is 26.7 Å². The molecule has 0 fully saturated rings. The molecular formula is C16H28FIN4. The SMILES string of the molecule is CN=C(NCc1cccc(F)c1)NCC(C)(C)CN(C)C.I. The van der Waals surface area contributed by atoms with Gasteiger partial charge in [0.1, 0.15) is 5.82 Å². The van der Waals surface area contributed by atoms with Crippen LogP contribution in [0.5, 0.6) is 0 Å². The summed E-state index contributed by atoms with van der Waals surface area (Å²) in [5.74, 6) is 0.510. The molecule has 1 rings (SSSR count). The van der Waals surface area contributed by atoms with Crippen molar-refractivity contribution in [1.29, 1.82) is 0 Å². The fourth-order valence-corrected chi connectivity index (χ4v) is 2.29. The molecule has 1 aromatic carbocycles. The summed E-state index contributed by atoms with van der Waals surface area (Å²) in [6, 6.07) is 6.57. The zero-order valence-corrected chi connectivity index (χ0v) is 16.4. The number of benzene rings is 1. The predicted octanol–water partition coefficient (Wildman–Crippen LogP) is 2.70. The third-order valence-electron chi connectivity index (χ3n) is 3.05. The van der Waals surface area contributed by atoms with Crippen molar-refractivity contribution in [1.82, 2.24) is 15.5 Å². The highest BCUT2D eigenvalue weighted by Gasteiger charge is 2.19. The average Bonchev–Trinajstić information content (AvgIpc) is 2.37. The van der Waals surface area contributed by atoms with E-state index in [4.69, 9.17) is 0 Å². The van der Waals surface area contributed by atoms with Crippen LogP contribution in [0.4, 0.5) is 4.39 Å². The molecule has 0 saturated carbocycles. The van der Waals surface area contributed by atoms with Crippen LogP contribution in [0.2, 0.25) is 0 Å². The van der Waals surface area contributed by atoms with Crippen LogP contribution in [0.3, 0.4) is 0 Å². The number of hydrogen-bond donors (Lipinski definition) is 2. The molecule has 0 spiro atoms. The Labute approximate surface area is 150 Å². The van der Waals surface area contributed by atoms with E-state index in [2.05, 4.69) is 48.5 Å². The molecule has 0 radical (unpaired) electrons. The highest BCUT2D eigenvalue weighted by atomic mass is 127. The summed E-state index contributed by atoms with van der Waals surface area (Å²) >= 11 is 0. The summed E-state index contributed by atoms with van der Waals surface area (Å²) in [5, 5.41) is 6.52. The Morgan fingerprint density at radius 2 is 1.95 bits per heavy atom. The monoisotopic (exact) mass is 422 g/mol. The maximum atomic E-state index is 13.1. The quantitative estimate of drug-likeness (QED) is 0.421. The molecule has 0 unspecified atom stereocenters. The number of nitrogens with zero attached hydrogens (tertiary/aromatic N) is 2. The Bertz CT molecular complexity index is 475. The van der Waals surface area contributed by atoms with Crippen molar-refractivity contribution in [2.24, 2.45) is 10.4 Å². The molecule has 126 valence electrons. The van der Waals surface area contributed by atoms with Gasteiger partial charge in [0.15, 0.2) is 5.96 Å². The number of guanidine groups is 1. The van der Waals surface area contributed by atoms with E-state index in [1.165, 1.54) is 12.1 Å². The standard InChI is InChI=1S/C16H27FN4.HI/c1-16(2,12-21(4)5)11-20-15(18-3)19-10-13-7-6-8-14(17)9-13;/h6-9H,10-12H2,1-5H3,(H2,18,19,20);1H. The van der Waals surface area contributed by atoms with Crippen LogP contribution in [0.15, 0.2) is 29.3 Å². The van der Waals surface area contributed by atoms with Gasteiger partial charge in [0.2, 0.25) is 0 Å². The molecule has 0 aromatic heterocycles. The molecule has 0 amide bonds. The predicted molar refractivity (Wildman–Crippen MR) is 102 cm³/mol. The van der Waals surface area contributed by atoms with E-state index in [-0.39, 0.29) is 35.2 Å². The minimum Gasteiger partial charge on any atom is -0.356 e. The molecular weight excluding hydrogens is 394 g/mol. The topological polar surface area (TPSA) is 39.7 Å². The van der Waals surface area contributed by atoms with Gasteiger partial charge in [0.05, 0.1) is 0 Å². The second kappa shape index (κ2) is 9.99. The number of rotatable bonds is 6. The third-order valence-corrected chi connectivity index (χ3v) is 3.05. The molecule has 1 aromatic rings. The van der Waals surface area contributed by atoms with Crippen LogP contribution in [0.25, 0.3) is 0 Å². The minimum atomic E-state index is -0.218. The number of halogens is 2.